The lowest BCUT2D eigenvalue weighted by Gasteiger charge is -2.20. The SMILES string of the molecule is c1ccc(OC2CCNC2)c(NC2=NCNc3ccsc32)c1. The number of aliphatic imine (C=N–C) groups is 1. The average molecular weight is 314 g/mol. The molecule has 3 heterocycles. The molecule has 3 N–H and O–H groups in total. The predicted octanol–water partition coefficient (Wildman–Crippen LogP) is 2.73. The number of benzene rings is 1. The maximum absolute atomic E-state index is 6.13. The van der Waals surface area contributed by atoms with Gasteiger partial charge in [0.1, 0.15) is 24.4 Å². The number of thiophene rings is 1. The van der Waals surface area contributed by atoms with Crippen molar-refractivity contribution in [3.63, 3.8) is 0 Å². The molecule has 1 atom stereocenters. The summed E-state index contributed by atoms with van der Waals surface area (Å²) in [4.78, 5) is 5.69. The monoisotopic (exact) mass is 314 g/mol. The number of rotatable bonds is 3. The van der Waals surface area contributed by atoms with Gasteiger partial charge in [-0.2, -0.15) is 0 Å². The van der Waals surface area contributed by atoms with Crippen molar-refractivity contribution >= 4 is 28.5 Å². The van der Waals surface area contributed by atoms with E-state index in [0.29, 0.717) is 6.67 Å². The van der Waals surface area contributed by atoms with E-state index in [0.717, 1.165) is 47.3 Å². The number of hydrogen-bond acceptors (Lipinski definition) is 6. The molecule has 1 aromatic carbocycles. The van der Waals surface area contributed by atoms with Crippen molar-refractivity contribution < 1.29 is 4.74 Å². The summed E-state index contributed by atoms with van der Waals surface area (Å²) in [5.41, 5.74) is 2.11. The van der Waals surface area contributed by atoms with Gasteiger partial charge in [0.15, 0.2) is 0 Å². The van der Waals surface area contributed by atoms with E-state index in [1.165, 1.54) is 0 Å². The predicted molar refractivity (Wildman–Crippen MR) is 91.3 cm³/mol. The van der Waals surface area contributed by atoms with E-state index >= 15 is 0 Å². The van der Waals surface area contributed by atoms with Crippen LogP contribution in [0.25, 0.3) is 0 Å². The van der Waals surface area contributed by atoms with Crippen LogP contribution in [0.1, 0.15) is 11.3 Å². The molecule has 114 valence electrons. The average Bonchev–Trinajstić information content (AvgIpc) is 3.21. The zero-order chi connectivity index (χ0) is 14.8. The highest BCUT2D eigenvalue weighted by Gasteiger charge is 2.19. The second kappa shape index (κ2) is 5.98. The standard InChI is InChI=1S/C16H18N4OS/c1-2-4-14(21-11-5-7-17-9-11)12(3-1)20-16-15-13(6-8-22-15)18-10-19-16/h1-4,6,8,11,17-18H,5,7,9-10H2,(H,19,20). The Labute approximate surface area is 133 Å². The van der Waals surface area contributed by atoms with Gasteiger partial charge in [-0.25, -0.2) is 4.99 Å². The van der Waals surface area contributed by atoms with Gasteiger partial charge in [-0.05, 0) is 36.5 Å². The van der Waals surface area contributed by atoms with Gasteiger partial charge in [-0.15, -0.1) is 11.3 Å². The van der Waals surface area contributed by atoms with Gasteiger partial charge in [-0.3, -0.25) is 0 Å². The third-order valence-corrected chi connectivity index (χ3v) is 4.76. The normalized spacial score (nSPS) is 20.0. The van der Waals surface area contributed by atoms with Crippen LogP contribution in [0.15, 0.2) is 40.7 Å². The van der Waals surface area contributed by atoms with Crippen LogP contribution >= 0.6 is 11.3 Å². The van der Waals surface area contributed by atoms with Gasteiger partial charge in [0.2, 0.25) is 0 Å². The highest BCUT2D eigenvalue weighted by molar-refractivity contribution is 7.13. The number of fused-ring (bicyclic) bond motifs is 1. The first-order valence-electron chi connectivity index (χ1n) is 7.50. The summed E-state index contributed by atoms with van der Waals surface area (Å²) in [7, 11) is 0. The van der Waals surface area contributed by atoms with Crippen molar-refractivity contribution in [3.8, 4) is 5.75 Å². The molecule has 1 fully saturated rings. The summed E-state index contributed by atoms with van der Waals surface area (Å²) in [5, 5.41) is 12.1. The van der Waals surface area contributed by atoms with Crippen LogP contribution in [0.5, 0.6) is 5.75 Å². The molecule has 0 saturated carbocycles. The van der Waals surface area contributed by atoms with Crippen molar-refractivity contribution in [2.75, 3.05) is 30.4 Å². The number of nitrogens with zero attached hydrogens (tertiary/aromatic N) is 1. The van der Waals surface area contributed by atoms with Crippen LogP contribution in [-0.2, 0) is 0 Å². The summed E-state index contributed by atoms with van der Waals surface area (Å²) in [6, 6.07) is 10.2. The fourth-order valence-corrected chi connectivity index (χ4v) is 3.55. The highest BCUT2D eigenvalue weighted by Crippen LogP contribution is 2.30. The highest BCUT2D eigenvalue weighted by atomic mass is 32.1. The molecule has 1 unspecified atom stereocenters. The van der Waals surface area contributed by atoms with Crippen LogP contribution < -0.4 is 20.7 Å². The molecule has 5 nitrogen and oxygen atoms in total. The molecular formula is C16H18N4OS. The number of amidine groups is 1. The van der Waals surface area contributed by atoms with Gasteiger partial charge >= 0.3 is 0 Å². The van der Waals surface area contributed by atoms with Crippen LogP contribution in [0.3, 0.4) is 0 Å². The Morgan fingerprint density at radius 2 is 2.23 bits per heavy atom. The lowest BCUT2D eigenvalue weighted by molar-refractivity contribution is 0.224. The first kappa shape index (κ1) is 13.6. The Bertz CT molecular complexity index is 691. The molecule has 22 heavy (non-hydrogen) atoms. The molecule has 1 saturated heterocycles. The lowest BCUT2D eigenvalue weighted by atomic mass is 10.2. The topological polar surface area (TPSA) is 57.7 Å². The summed E-state index contributed by atoms with van der Waals surface area (Å²) in [5.74, 6) is 1.79. The minimum Gasteiger partial charge on any atom is -0.487 e. The van der Waals surface area contributed by atoms with Crippen molar-refractivity contribution in [2.45, 2.75) is 12.5 Å². The maximum atomic E-state index is 6.13. The van der Waals surface area contributed by atoms with Crippen molar-refractivity contribution in [1.29, 1.82) is 0 Å². The fraction of sp³-hybridized carbons (Fsp3) is 0.312. The number of anilines is 2. The Balaban J connectivity index is 1.57. The van der Waals surface area contributed by atoms with E-state index in [4.69, 9.17) is 4.74 Å². The maximum Gasteiger partial charge on any atom is 0.147 e. The molecule has 6 heteroatoms. The van der Waals surface area contributed by atoms with E-state index in [2.05, 4.69) is 32.4 Å². The summed E-state index contributed by atoms with van der Waals surface area (Å²) < 4.78 is 6.13. The Morgan fingerprint density at radius 1 is 1.27 bits per heavy atom. The van der Waals surface area contributed by atoms with Gasteiger partial charge in [0, 0.05) is 6.54 Å². The molecule has 2 aliphatic heterocycles. The lowest BCUT2D eigenvalue weighted by Crippen LogP contribution is -2.23. The second-order valence-corrected chi connectivity index (χ2v) is 6.27. The fourth-order valence-electron chi connectivity index (χ4n) is 2.71. The van der Waals surface area contributed by atoms with Gasteiger partial charge in [0.25, 0.3) is 0 Å². The minimum atomic E-state index is 0.246. The van der Waals surface area contributed by atoms with Gasteiger partial charge in [0.05, 0.1) is 16.3 Å². The minimum absolute atomic E-state index is 0.246. The van der Waals surface area contributed by atoms with E-state index in [9.17, 15) is 0 Å². The number of ether oxygens (including phenoxy) is 1. The van der Waals surface area contributed by atoms with E-state index in [1.54, 1.807) is 11.3 Å². The zero-order valence-electron chi connectivity index (χ0n) is 12.1. The summed E-state index contributed by atoms with van der Waals surface area (Å²) in [6.07, 6.45) is 1.30. The molecule has 1 aromatic heterocycles. The molecule has 4 rings (SSSR count). The van der Waals surface area contributed by atoms with Crippen LogP contribution in [-0.4, -0.2) is 31.7 Å². The summed E-state index contributed by atoms with van der Waals surface area (Å²) >= 11 is 1.68. The Morgan fingerprint density at radius 3 is 3.14 bits per heavy atom. The van der Waals surface area contributed by atoms with Gasteiger partial charge in [-0.1, -0.05) is 12.1 Å². The molecule has 0 radical (unpaired) electrons. The molecule has 2 aliphatic rings. The van der Waals surface area contributed by atoms with E-state index in [1.807, 2.05) is 24.3 Å². The first-order valence-corrected chi connectivity index (χ1v) is 8.38. The zero-order valence-corrected chi connectivity index (χ0v) is 13.0. The van der Waals surface area contributed by atoms with Crippen LogP contribution in [0.2, 0.25) is 0 Å². The van der Waals surface area contributed by atoms with E-state index in [-0.39, 0.29) is 6.10 Å². The smallest absolute Gasteiger partial charge is 0.147 e. The van der Waals surface area contributed by atoms with Crippen molar-refractivity contribution in [2.24, 2.45) is 4.99 Å². The molecular weight excluding hydrogens is 296 g/mol. The largest absolute Gasteiger partial charge is 0.487 e. The quantitative estimate of drug-likeness (QED) is 0.815. The second-order valence-electron chi connectivity index (χ2n) is 5.36. The molecule has 0 bridgehead atoms. The molecule has 0 aliphatic carbocycles. The number of nitrogens with one attached hydrogen (secondary N) is 3. The Hall–Kier alpha value is -2.05. The van der Waals surface area contributed by atoms with Crippen LogP contribution in [0.4, 0.5) is 11.4 Å². The summed E-state index contributed by atoms with van der Waals surface area (Å²) in [6.45, 7) is 2.53. The first-order chi connectivity index (χ1) is 10.9. The van der Waals surface area contributed by atoms with Crippen molar-refractivity contribution in [3.05, 3.63) is 40.6 Å². The van der Waals surface area contributed by atoms with E-state index < -0.39 is 0 Å². The van der Waals surface area contributed by atoms with Gasteiger partial charge < -0.3 is 20.7 Å². The molecule has 2 aromatic rings. The molecule has 0 amide bonds. The molecule has 0 spiro atoms. The Kier molecular flexibility index (Phi) is 3.70. The third-order valence-electron chi connectivity index (χ3n) is 3.84. The van der Waals surface area contributed by atoms with Crippen molar-refractivity contribution in [1.82, 2.24) is 5.32 Å². The number of para-hydroxylation sites is 2. The van der Waals surface area contributed by atoms with Crippen LogP contribution in [0, 0.1) is 0 Å². The number of hydrogen-bond donors (Lipinski definition) is 3. The third kappa shape index (κ3) is 2.67.